The van der Waals surface area contributed by atoms with Gasteiger partial charge in [-0.3, -0.25) is 5.84 Å². The van der Waals surface area contributed by atoms with Crippen molar-refractivity contribution in [2.75, 3.05) is 7.11 Å². The summed E-state index contributed by atoms with van der Waals surface area (Å²) in [5.74, 6) is 6.68. The Labute approximate surface area is 118 Å². The lowest BCUT2D eigenvalue weighted by atomic mass is 9.93. The van der Waals surface area contributed by atoms with Gasteiger partial charge in [-0.2, -0.15) is 11.3 Å². The summed E-state index contributed by atoms with van der Waals surface area (Å²) in [4.78, 5) is 0. The fourth-order valence-corrected chi connectivity index (χ4v) is 3.35. The molecule has 0 fully saturated rings. The van der Waals surface area contributed by atoms with Crippen LogP contribution in [0.25, 0.3) is 0 Å². The van der Waals surface area contributed by atoms with E-state index in [4.69, 9.17) is 10.6 Å². The van der Waals surface area contributed by atoms with Crippen molar-refractivity contribution in [3.8, 4) is 5.75 Å². The highest BCUT2D eigenvalue weighted by Gasteiger charge is 2.21. The Morgan fingerprint density at radius 1 is 1.16 bits per heavy atom. The molecule has 1 aromatic carbocycles. The van der Waals surface area contributed by atoms with Crippen LogP contribution in [0.4, 0.5) is 0 Å². The third kappa shape index (κ3) is 2.66. The highest BCUT2D eigenvalue weighted by atomic mass is 32.1. The van der Waals surface area contributed by atoms with Gasteiger partial charge in [0, 0.05) is 5.56 Å². The maximum Gasteiger partial charge on any atom is 0.124 e. The average Bonchev–Trinajstić information content (AvgIpc) is 2.78. The Morgan fingerprint density at radius 3 is 2.42 bits per heavy atom. The number of thiophene rings is 1. The summed E-state index contributed by atoms with van der Waals surface area (Å²) in [6.45, 7) is 6.27. The molecule has 1 atom stereocenters. The van der Waals surface area contributed by atoms with Crippen LogP contribution >= 0.6 is 11.3 Å². The van der Waals surface area contributed by atoms with E-state index in [1.165, 1.54) is 22.3 Å². The van der Waals surface area contributed by atoms with Gasteiger partial charge in [0.05, 0.1) is 13.2 Å². The fourth-order valence-electron chi connectivity index (χ4n) is 2.47. The Kier molecular flexibility index (Phi) is 4.24. The molecule has 2 aromatic rings. The van der Waals surface area contributed by atoms with E-state index in [-0.39, 0.29) is 6.04 Å². The fraction of sp³-hybridized carbons (Fsp3) is 0.333. The molecule has 3 N–H and O–H groups in total. The minimum absolute atomic E-state index is 0.0400. The van der Waals surface area contributed by atoms with Gasteiger partial charge in [-0.25, -0.2) is 5.43 Å². The Balaban J connectivity index is 2.59. The number of hydrogen-bond acceptors (Lipinski definition) is 4. The molecule has 4 heteroatoms. The molecule has 0 saturated heterocycles. The van der Waals surface area contributed by atoms with Gasteiger partial charge in [-0.1, -0.05) is 6.07 Å². The number of nitrogens with two attached hydrogens (primary N) is 1. The quantitative estimate of drug-likeness (QED) is 0.666. The second-order valence-electron chi connectivity index (χ2n) is 4.81. The molecule has 1 heterocycles. The average molecular weight is 276 g/mol. The molecule has 3 nitrogen and oxygen atoms in total. The number of hydrogen-bond donors (Lipinski definition) is 2. The summed E-state index contributed by atoms with van der Waals surface area (Å²) >= 11 is 1.69. The van der Waals surface area contributed by atoms with Crippen molar-refractivity contribution >= 4 is 11.3 Å². The van der Waals surface area contributed by atoms with Crippen molar-refractivity contribution in [3.05, 3.63) is 50.7 Å². The second kappa shape index (κ2) is 5.74. The lowest BCUT2D eigenvalue weighted by molar-refractivity contribution is 0.403. The molecule has 0 radical (unpaired) electrons. The van der Waals surface area contributed by atoms with Gasteiger partial charge in [0.1, 0.15) is 5.75 Å². The van der Waals surface area contributed by atoms with E-state index in [1.54, 1.807) is 18.4 Å². The number of aryl methyl sites for hydroxylation is 3. The van der Waals surface area contributed by atoms with Gasteiger partial charge in [-0.15, -0.1) is 0 Å². The zero-order valence-electron chi connectivity index (χ0n) is 11.8. The van der Waals surface area contributed by atoms with Crippen LogP contribution in [-0.4, -0.2) is 7.11 Å². The molecule has 0 aliphatic carbocycles. The van der Waals surface area contributed by atoms with Crippen LogP contribution < -0.4 is 16.0 Å². The first kappa shape index (κ1) is 14.1. The summed E-state index contributed by atoms with van der Waals surface area (Å²) in [7, 11) is 1.70. The molecule has 0 saturated carbocycles. The summed E-state index contributed by atoms with van der Waals surface area (Å²) in [6.07, 6.45) is 0. The number of methoxy groups -OCH3 is 1. The van der Waals surface area contributed by atoms with Crippen molar-refractivity contribution < 1.29 is 4.74 Å². The zero-order valence-corrected chi connectivity index (χ0v) is 12.6. The lowest BCUT2D eigenvalue weighted by Crippen LogP contribution is -2.30. The van der Waals surface area contributed by atoms with E-state index in [0.717, 1.165) is 11.3 Å². The number of ether oxygens (including phenoxy) is 1. The number of rotatable bonds is 4. The van der Waals surface area contributed by atoms with Crippen LogP contribution in [0, 0.1) is 20.8 Å². The SMILES string of the molecule is COc1cc(C)cc(C)c1C(NN)c1cscc1C. The molecular formula is C15H20N2OS. The van der Waals surface area contributed by atoms with E-state index >= 15 is 0 Å². The minimum atomic E-state index is -0.0400. The minimum Gasteiger partial charge on any atom is -0.496 e. The standard InChI is InChI=1S/C15H20N2OS/c1-9-5-10(2)14(13(6-9)18-4)15(17-16)12-8-19-7-11(12)3/h5-8,15,17H,16H2,1-4H3. The van der Waals surface area contributed by atoms with Gasteiger partial charge < -0.3 is 4.74 Å². The van der Waals surface area contributed by atoms with Gasteiger partial charge in [0.25, 0.3) is 0 Å². The predicted molar refractivity (Wildman–Crippen MR) is 80.7 cm³/mol. The molecule has 2 rings (SSSR count). The molecule has 102 valence electrons. The summed E-state index contributed by atoms with van der Waals surface area (Å²) in [5.41, 5.74) is 8.86. The highest BCUT2D eigenvalue weighted by Crippen LogP contribution is 2.35. The van der Waals surface area contributed by atoms with Crippen molar-refractivity contribution in [1.82, 2.24) is 5.43 Å². The van der Waals surface area contributed by atoms with Crippen molar-refractivity contribution in [1.29, 1.82) is 0 Å². The first-order valence-corrected chi connectivity index (χ1v) is 7.16. The molecule has 0 aliphatic rings. The van der Waals surface area contributed by atoms with E-state index in [2.05, 4.69) is 43.0 Å². The van der Waals surface area contributed by atoms with Crippen LogP contribution in [0.15, 0.2) is 22.9 Å². The molecule has 1 unspecified atom stereocenters. The van der Waals surface area contributed by atoms with Gasteiger partial charge >= 0.3 is 0 Å². The van der Waals surface area contributed by atoms with Gasteiger partial charge in [0.2, 0.25) is 0 Å². The van der Waals surface area contributed by atoms with Gasteiger partial charge in [0.15, 0.2) is 0 Å². The number of benzene rings is 1. The second-order valence-corrected chi connectivity index (χ2v) is 5.55. The van der Waals surface area contributed by atoms with E-state index in [1.807, 2.05) is 6.07 Å². The topological polar surface area (TPSA) is 47.3 Å². The van der Waals surface area contributed by atoms with Gasteiger partial charge in [-0.05, 0) is 59.9 Å². The first-order valence-electron chi connectivity index (χ1n) is 6.22. The van der Waals surface area contributed by atoms with Crippen LogP contribution in [-0.2, 0) is 0 Å². The third-order valence-electron chi connectivity index (χ3n) is 3.37. The normalized spacial score (nSPS) is 12.5. The molecular weight excluding hydrogens is 256 g/mol. The van der Waals surface area contributed by atoms with E-state index < -0.39 is 0 Å². The summed E-state index contributed by atoms with van der Waals surface area (Å²) in [5, 5.41) is 4.27. The molecule has 0 bridgehead atoms. The molecule has 0 amide bonds. The monoisotopic (exact) mass is 276 g/mol. The number of hydrazine groups is 1. The van der Waals surface area contributed by atoms with Crippen LogP contribution in [0.3, 0.4) is 0 Å². The Morgan fingerprint density at radius 2 is 1.89 bits per heavy atom. The predicted octanol–water partition coefficient (Wildman–Crippen LogP) is 3.23. The van der Waals surface area contributed by atoms with Crippen molar-refractivity contribution in [2.45, 2.75) is 26.8 Å². The van der Waals surface area contributed by atoms with Crippen molar-refractivity contribution in [3.63, 3.8) is 0 Å². The molecule has 0 spiro atoms. The largest absolute Gasteiger partial charge is 0.496 e. The third-order valence-corrected chi connectivity index (χ3v) is 4.25. The van der Waals surface area contributed by atoms with Crippen LogP contribution in [0.1, 0.15) is 33.9 Å². The highest BCUT2D eigenvalue weighted by molar-refractivity contribution is 7.08. The number of nitrogens with one attached hydrogen (secondary N) is 1. The Hall–Kier alpha value is -1.36. The van der Waals surface area contributed by atoms with E-state index in [0.29, 0.717) is 0 Å². The first-order chi connectivity index (χ1) is 9.08. The zero-order chi connectivity index (χ0) is 14.0. The lowest BCUT2D eigenvalue weighted by Gasteiger charge is -2.22. The molecule has 0 aliphatic heterocycles. The Bertz CT molecular complexity index is 578. The maximum atomic E-state index is 5.79. The smallest absolute Gasteiger partial charge is 0.124 e. The van der Waals surface area contributed by atoms with Crippen molar-refractivity contribution in [2.24, 2.45) is 5.84 Å². The van der Waals surface area contributed by atoms with E-state index in [9.17, 15) is 0 Å². The molecule has 1 aromatic heterocycles. The van der Waals surface area contributed by atoms with Crippen LogP contribution in [0.5, 0.6) is 5.75 Å². The summed E-state index contributed by atoms with van der Waals surface area (Å²) < 4.78 is 5.54. The van der Waals surface area contributed by atoms with Crippen LogP contribution in [0.2, 0.25) is 0 Å². The maximum absolute atomic E-state index is 5.79. The molecule has 19 heavy (non-hydrogen) atoms. The summed E-state index contributed by atoms with van der Waals surface area (Å²) in [6, 6.07) is 4.17.